The molecule has 0 atom stereocenters. The molecule has 20 heavy (non-hydrogen) atoms. The van der Waals surface area contributed by atoms with E-state index in [4.69, 9.17) is 0 Å². The molecular weight excluding hydrogens is 269 g/mol. The van der Waals surface area contributed by atoms with E-state index in [1.54, 1.807) is 17.4 Å². The molecule has 0 amide bonds. The third-order valence-electron chi connectivity index (χ3n) is 4.10. The molecule has 1 heterocycles. The van der Waals surface area contributed by atoms with Gasteiger partial charge in [0.05, 0.1) is 0 Å². The van der Waals surface area contributed by atoms with Crippen LogP contribution < -0.4 is 5.32 Å². The maximum absolute atomic E-state index is 13.9. The molecule has 0 unspecified atom stereocenters. The molecule has 1 fully saturated rings. The maximum Gasteiger partial charge on any atom is 0.131 e. The lowest BCUT2D eigenvalue weighted by Crippen LogP contribution is -2.21. The molecule has 3 rings (SSSR count). The maximum atomic E-state index is 13.9. The minimum atomic E-state index is -0.134. The van der Waals surface area contributed by atoms with Crippen molar-refractivity contribution in [3.05, 3.63) is 47.1 Å². The van der Waals surface area contributed by atoms with Gasteiger partial charge in [0.1, 0.15) is 5.82 Å². The molecule has 1 aromatic heterocycles. The van der Waals surface area contributed by atoms with Crippen LogP contribution in [0, 0.1) is 11.7 Å². The fourth-order valence-corrected chi connectivity index (χ4v) is 3.37. The fourth-order valence-electron chi connectivity index (χ4n) is 2.62. The quantitative estimate of drug-likeness (QED) is 0.751. The van der Waals surface area contributed by atoms with Crippen LogP contribution >= 0.6 is 11.3 Å². The van der Waals surface area contributed by atoms with Crippen LogP contribution in [-0.2, 0) is 6.54 Å². The number of benzene rings is 1. The molecule has 1 nitrogen and oxygen atoms in total. The molecule has 0 saturated heterocycles. The fraction of sp³-hybridized carbons (Fsp3) is 0.412. The standard InChI is InChI=1S/C17H20FNS/c18-16-7-6-14(11-15(16)17-5-2-10-20-17)12-19-9-8-13-3-1-4-13/h2,5-7,10-11,13,19H,1,3-4,8-9,12H2. The van der Waals surface area contributed by atoms with Gasteiger partial charge in [-0.25, -0.2) is 4.39 Å². The third kappa shape index (κ3) is 3.28. The summed E-state index contributed by atoms with van der Waals surface area (Å²) in [4.78, 5) is 0.999. The van der Waals surface area contributed by atoms with Crippen molar-refractivity contribution in [1.82, 2.24) is 5.32 Å². The van der Waals surface area contributed by atoms with Crippen molar-refractivity contribution in [3.8, 4) is 10.4 Å². The minimum Gasteiger partial charge on any atom is -0.313 e. The average molecular weight is 289 g/mol. The highest BCUT2D eigenvalue weighted by atomic mass is 32.1. The Labute approximate surface area is 123 Å². The number of rotatable bonds is 6. The van der Waals surface area contributed by atoms with Crippen LogP contribution in [0.2, 0.25) is 0 Å². The first-order valence-corrected chi connectivity index (χ1v) is 8.24. The molecule has 0 aliphatic heterocycles. The van der Waals surface area contributed by atoms with E-state index < -0.39 is 0 Å². The summed E-state index contributed by atoms with van der Waals surface area (Å²) < 4.78 is 13.9. The normalized spacial score (nSPS) is 15.2. The first kappa shape index (κ1) is 13.8. The first-order chi connectivity index (χ1) is 9.83. The monoisotopic (exact) mass is 289 g/mol. The number of halogens is 1. The second kappa shape index (κ2) is 6.51. The van der Waals surface area contributed by atoms with Crippen LogP contribution in [0.25, 0.3) is 10.4 Å². The Morgan fingerprint density at radius 2 is 2.15 bits per heavy atom. The van der Waals surface area contributed by atoms with Gasteiger partial charge in [-0.2, -0.15) is 0 Å². The van der Waals surface area contributed by atoms with E-state index in [2.05, 4.69) is 5.32 Å². The lowest BCUT2D eigenvalue weighted by molar-refractivity contribution is 0.292. The molecule has 3 heteroatoms. The summed E-state index contributed by atoms with van der Waals surface area (Å²) >= 11 is 1.58. The average Bonchev–Trinajstić information content (AvgIpc) is 2.92. The van der Waals surface area contributed by atoms with Gasteiger partial charge >= 0.3 is 0 Å². The van der Waals surface area contributed by atoms with E-state index in [-0.39, 0.29) is 5.82 Å². The van der Waals surface area contributed by atoms with Gasteiger partial charge in [0.25, 0.3) is 0 Å². The lowest BCUT2D eigenvalue weighted by atomic mass is 9.83. The zero-order valence-corrected chi connectivity index (χ0v) is 12.4. The SMILES string of the molecule is Fc1ccc(CNCCC2CCC2)cc1-c1cccs1. The Balaban J connectivity index is 1.57. The molecule has 0 radical (unpaired) electrons. The summed E-state index contributed by atoms with van der Waals surface area (Å²) in [5, 5.41) is 5.46. The summed E-state index contributed by atoms with van der Waals surface area (Å²) in [7, 11) is 0. The summed E-state index contributed by atoms with van der Waals surface area (Å²) in [6.07, 6.45) is 5.49. The smallest absolute Gasteiger partial charge is 0.131 e. The second-order valence-corrected chi connectivity index (χ2v) is 6.50. The van der Waals surface area contributed by atoms with Gasteiger partial charge in [-0.15, -0.1) is 11.3 Å². The van der Waals surface area contributed by atoms with Crippen molar-refractivity contribution < 1.29 is 4.39 Å². The molecule has 1 aliphatic carbocycles. The zero-order valence-electron chi connectivity index (χ0n) is 11.6. The topological polar surface area (TPSA) is 12.0 Å². The molecule has 1 saturated carbocycles. The molecule has 106 valence electrons. The summed E-state index contributed by atoms with van der Waals surface area (Å²) in [5.41, 5.74) is 1.88. The van der Waals surface area contributed by atoms with E-state index in [0.717, 1.165) is 35.0 Å². The van der Waals surface area contributed by atoms with Crippen molar-refractivity contribution >= 4 is 11.3 Å². The van der Waals surface area contributed by atoms with E-state index in [9.17, 15) is 4.39 Å². The first-order valence-electron chi connectivity index (χ1n) is 7.36. The Hall–Kier alpha value is -1.19. The van der Waals surface area contributed by atoms with Crippen molar-refractivity contribution in [2.45, 2.75) is 32.2 Å². The largest absolute Gasteiger partial charge is 0.313 e. The number of hydrogen-bond donors (Lipinski definition) is 1. The predicted octanol–water partition coefficient (Wildman–Crippen LogP) is 4.83. The van der Waals surface area contributed by atoms with Gasteiger partial charge in [0.15, 0.2) is 0 Å². The van der Waals surface area contributed by atoms with Gasteiger partial charge in [0.2, 0.25) is 0 Å². The number of hydrogen-bond acceptors (Lipinski definition) is 2. The molecule has 2 aromatic rings. The van der Waals surface area contributed by atoms with Crippen molar-refractivity contribution in [2.75, 3.05) is 6.54 Å². The second-order valence-electron chi connectivity index (χ2n) is 5.55. The summed E-state index contributed by atoms with van der Waals surface area (Å²) in [6, 6.07) is 9.36. The van der Waals surface area contributed by atoms with E-state index >= 15 is 0 Å². The Morgan fingerprint density at radius 1 is 1.25 bits per heavy atom. The minimum absolute atomic E-state index is 0.134. The highest BCUT2D eigenvalue weighted by Gasteiger charge is 2.16. The van der Waals surface area contributed by atoms with Crippen LogP contribution in [0.3, 0.4) is 0 Å². The van der Waals surface area contributed by atoms with Crippen LogP contribution in [0.1, 0.15) is 31.2 Å². The molecule has 1 aromatic carbocycles. The van der Waals surface area contributed by atoms with Crippen molar-refractivity contribution in [3.63, 3.8) is 0 Å². The van der Waals surface area contributed by atoms with Crippen LogP contribution in [-0.4, -0.2) is 6.54 Å². The highest BCUT2D eigenvalue weighted by Crippen LogP contribution is 2.29. The number of thiophene rings is 1. The lowest BCUT2D eigenvalue weighted by Gasteiger charge is -2.25. The molecular formula is C17H20FNS. The van der Waals surface area contributed by atoms with Crippen LogP contribution in [0.15, 0.2) is 35.7 Å². The van der Waals surface area contributed by atoms with Gasteiger partial charge in [0, 0.05) is 17.0 Å². The van der Waals surface area contributed by atoms with Crippen molar-refractivity contribution in [2.24, 2.45) is 5.92 Å². The predicted molar refractivity (Wildman–Crippen MR) is 83.4 cm³/mol. The van der Waals surface area contributed by atoms with Gasteiger partial charge in [-0.1, -0.05) is 31.4 Å². The Morgan fingerprint density at radius 3 is 2.85 bits per heavy atom. The zero-order chi connectivity index (χ0) is 13.8. The van der Waals surface area contributed by atoms with Crippen LogP contribution in [0.4, 0.5) is 4.39 Å². The summed E-state index contributed by atoms with van der Waals surface area (Å²) in [5.74, 6) is 0.808. The van der Waals surface area contributed by atoms with E-state index in [1.165, 1.54) is 25.7 Å². The Bertz CT molecular complexity index is 546. The van der Waals surface area contributed by atoms with E-state index in [0.29, 0.717) is 0 Å². The van der Waals surface area contributed by atoms with Crippen LogP contribution in [0.5, 0.6) is 0 Å². The van der Waals surface area contributed by atoms with Gasteiger partial charge < -0.3 is 5.32 Å². The number of nitrogens with one attached hydrogen (secondary N) is 1. The molecule has 0 bridgehead atoms. The highest BCUT2D eigenvalue weighted by molar-refractivity contribution is 7.13. The van der Waals surface area contributed by atoms with Gasteiger partial charge in [-0.05, 0) is 48.0 Å². The summed E-state index contributed by atoms with van der Waals surface area (Å²) in [6.45, 7) is 1.89. The van der Waals surface area contributed by atoms with E-state index in [1.807, 2.05) is 29.6 Å². The van der Waals surface area contributed by atoms with Gasteiger partial charge in [-0.3, -0.25) is 0 Å². The molecule has 0 spiro atoms. The Kier molecular flexibility index (Phi) is 4.48. The molecule has 1 N–H and O–H groups in total. The molecule has 1 aliphatic rings. The third-order valence-corrected chi connectivity index (χ3v) is 5.00. The van der Waals surface area contributed by atoms with Crippen molar-refractivity contribution in [1.29, 1.82) is 0 Å².